The second kappa shape index (κ2) is 14.9. The molecule has 2 amide bonds. The predicted octanol–water partition coefficient (Wildman–Crippen LogP) is 2.99. The van der Waals surface area contributed by atoms with E-state index in [-0.39, 0.29) is 29.7 Å². The molecule has 3 unspecified atom stereocenters. The highest BCUT2D eigenvalue weighted by atomic mass is 16.5. The first-order chi connectivity index (χ1) is 18.8. The number of aliphatic hydroxyl groups excluding tert-OH is 1. The molecule has 3 rings (SSSR count). The van der Waals surface area contributed by atoms with Gasteiger partial charge in [0.1, 0.15) is 0 Å². The maximum absolute atomic E-state index is 13.7. The molecule has 2 aromatic carbocycles. The van der Waals surface area contributed by atoms with Gasteiger partial charge in [0.25, 0.3) is 11.8 Å². The zero-order valence-corrected chi connectivity index (χ0v) is 23.8. The first-order valence-electron chi connectivity index (χ1n) is 13.6. The molecule has 3 atom stereocenters. The molecule has 9 nitrogen and oxygen atoms in total. The van der Waals surface area contributed by atoms with Gasteiger partial charge >= 0.3 is 0 Å². The van der Waals surface area contributed by atoms with Crippen LogP contribution in [-0.4, -0.2) is 93.4 Å². The summed E-state index contributed by atoms with van der Waals surface area (Å²) < 4.78 is 16.4. The van der Waals surface area contributed by atoms with Crippen LogP contribution in [0.5, 0.6) is 11.5 Å². The van der Waals surface area contributed by atoms with Crippen LogP contribution < -0.4 is 14.8 Å². The predicted molar refractivity (Wildman–Crippen MR) is 150 cm³/mol. The Labute approximate surface area is 232 Å². The van der Waals surface area contributed by atoms with Crippen molar-refractivity contribution >= 4 is 11.8 Å². The quantitative estimate of drug-likeness (QED) is 0.355. The number of aliphatic hydroxyl groups is 1. The fourth-order valence-electron chi connectivity index (χ4n) is 4.90. The number of likely N-dealkylation sites (N-methyl/N-ethyl adjacent to an activating group) is 1. The maximum atomic E-state index is 13.7. The van der Waals surface area contributed by atoms with Gasteiger partial charge in [-0.25, -0.2) is 0 Å². The van der Waals surface area contributed by atoms with Gasteiger partial charge in [-0.15, -0.1) is 0 Å². The van der Waals surface area contributed by atoms with Gasteiger partial charge in [-0.1, -0.05) is 30.3 Å². The number of benzene rings is 2. The number of ether oxygens (including phenoxy) is 3. The zero-order chi connectivity index (χ0) is 28.4. The van der Waals surface area contributed by atoms with Crippen molar-refractivity contribution in [2.75, 3.05) is 60.7 Å². The number of nitrogens with one attached hydrogen (secondary N) is 1. The van der Waals surface area contributed by atoms with Crippen molar-refractivity contribution in [2.24, 2.45) is 11.8 Å². The maximum Gasteiger partial charge on any atom is 0.255 e. The normalized spacial score (nSPS) is 17.6. The van der Waals surface area contributed by atoms with Gasteiger partial charge in [0.05, 0.1) is 13.7 Å². The number of carbonyl (C=O) groups is 2. The average molecular weight is 542 g/mol. The third-order valence-electron chi connectivity index (χ3n) is 7.19. The Kier molecular flexibility index (Phi) is 11.6. The number of carbonyl (C=O) groups excluding carboxylic acids is 2. The fourth-order valence-corrected chi connectivity index (χ4v) is 4.90. The van der Waals surface area contributed by atoms with E-state index in [1.807, 2.05) is 24.8 Å². The summed E-state index contributed by atoms with van der Waals surface area (Å²) in [4.78, 5) is 30.1. The summed E-state index contributed by atoms with van der Waals surface area (Å²) in [5.41, 5.74) is 1.11. The number of hydrogen-bond acceptors (Lipinski definition) is 7. The lowest BCUT2D eigenvalue weighted by Crippen LogP contribution is -2.44. The molecular weight excluding hydrogens is 498 g/mol. The van der Waals surface area contributed by atoms with E-state index in [1.165, 1.54) is 0 Å². The van der Waals surface area contributed by atoms with Crippen molar-refractivity contribution < 1.29 is 28.9 Å². The van der Waals surface area contributed by atoms with Crippen LogP contribution in [0, 0.1) is 11.8 Å². The topological polar surface area (TPSA) is 101 Å². The smallest absolute Gasteiger partial charge is 0.255 e. The fraction of sp³-hybridized carbons (Fsp3) is 0.533. The Hall–Kier alpha value is -3.14. The van der Waals surface area contributed by atoms with E-state index in [2.05, 4.69) is 5.32 Å². The summed E-state index contributed by atoms with van der Waals surface area (Å²) in [6.07, 6.45) is -0.468. The van der Waals surface area contributed by atoms with Gasteiger partial charge in [0, 0.05) is 65.0 Å². The highest BCUT2D eigenvalue weighted by Crippen LogP contribution is 2.30. The lowest BCUT2D eigenvalue weighted by Gasteiger charge is -2.33. The minimum Gasteiger partial charge on any atom is -0.493 e. The van der Waals surface area contributed by atoms with Crippen molar-refractivity contribution in [3.05, 3.63) is 59.7 Å². The monoisotopic (exact) mass is 541 g/mol. The Morgan fingerprint density at radius 3 is 2.33 bits per heavy atom. The number of amides is 2. The van der Waals surface area contributed by atoms with Gasteiger partial charge in [0.15, 0.2) is 17.6 Å². The Morgan fingerprint density at radius 2 is 1.69 bits per heavy atom. The summed E-state index contributed by atoms with van der Waals surface area (Å²) in [5.74, 6) is 0.991. The molecule has 1 aliphatic rings. The summed E-state index contributed by atoms with van der Waals surface area (Å²) in [5, 5.41) is 14.0. The molecular formula is C30H43N3O6. The van der Waals surface area contributed by atoms with E-state index < -0.39 is 6.10 Å². The first-order valence-corrected chi connectivity index (χ1v) is 13.6. The molecule has 1 heterocycles. The second-order valence-electron chi connectivity index (χ2n) is 10.3. The van der Waals surface area contributed by atoms with E-state index in [9.17, 15) is 14.7 Å². The molecule has 0 radical (unpaired) electrons. The third kappa shape index (κ3) is 8.17. The van der Waals surface area contributed by atoms with E-state index in [1.54, 1.807) is 68.6 Å². The molecule has 39 heavy (non-hydrogen) atoms. The van der Waals surface area contributed by atoms with Crippen LogP contribution in [0.1, 0.15) is 42.3 Å². The highest BCUT2D eigenvalue weighted by molar-refractivity contribution is 5.95. The van der Waals surface area contributed by atoms with Crippen LogP contribution in [0.25, 0.3) is 0 Å². The number of rotatable bonds is 14. The largest absolute Gasteiger partial charge is 0.493 e. The van der Waals surface area contributed by atoms with Crippen LogP contribution in [0.3, 0.4) is 0 Å². The van der Waals surface area contributed by atoms with Crippen LogP contribution in [-0.2, 0) is 9.53 Å². The SMILES string of the molecule is COCCCOc1cc(C(=O)N(CC2CNCC2CN(C)C(=O)C(O)c2ccccc2)C(C)C)ccc1OC. The molecule has 214 valence electrons. The molecule has 0 bridgehead atoms. The van der Waals surface area contributed by atoms with E-state index >= 15 is 0 Å². The molecule has 9 heteroatoms. The molecule has 0 saturated carbocycles. The molecule has 0 aromatic heterocycles. The summed E-state index contributed by atoms with van der Waals surface area (Å²) in [6.45, 7) is 7.59. The molecule has 0 spiro atoms. The van der Waals surface area contributed by atoms with E-state index in [0.717, 1.165) is 19.5 Å². The average Bonchev–Trinajstić information content (AvgIpc) is 3.39. The van der Waals surface area contributed by atoms with Gasteiger partial charge in [-0.3, -0.25) is 9.59 Å². The van der Waals surface area contributed by atoms with Crippen LogP contribution in [0.2, 0.25) is 0 Å². The minimum absolute atomic E-state index is 0.0220. The van der Waals surface area contributed by atoms with Crippen LogP contribution in [0.4, 0.5) is 0 Å². The lowest BCUT2D eigenvalue weighted by atomic mass is 9.93. The standard InChI is InChI=1S/C30H43N3O6/c1-21(2)33(29(35)23-12-13-26(38-5)27(16-23)39-15-9-14-37-4)20-25-18-31-17-24(25)19-32(3)30(36)28(34)22-10-7-6-8-11-22/h6-8,10-13,16,21,24-25,28,31,34H,9,14-15,17-20H2,1-5H3. The molecule has 1 aliphatic heterocycles. The van der Waals surface area contributed by atoms with Crippen LogP contribution >= 0.6 is 0 Å². The molecule has 2 aromatic rings. The number of nitrogens with zero attached hydrogens (tertiary/aromatic N) is 2. The molecule has 1 saturated heterocycles. The van der Waals surface area contributed by atoms with Crippen molar-refractivity contribution in [1.29, 1.82) is 0 Å². The second-order valence-corrected chi connectivity index (χ2v) is 10.3. The third-order valence-corrected chi connectivity index (χ3v) is 7.19. The van der Waals surface area contributed by atoms with Crippen molar-refractivity contribution in [3.63, 3.8) is 0 Å². The molecule has 2 N–H and O–H groups in total. The summed E-state index contributed by atoms with van der Waals surface area (Å²) in [7, 11) is 4.95. The van der Waals surface area contributed by atoms with Gasteiger partial charge in [0.2, 0.25) is 0 Å². The minimum atomic E-state index is -1.20. The van der Waals surface area contributed by atoms with Gasteiger partial charge in [-0.05, 0) is 49.4 Å². The number of methoxy groups -OCH3 is 2. The Bertz CT molecular complexity index is 1060. The zero-order valence-electron chi connectivity index (χ0n) is 23.8. The molecule has 0 aliphatic carbocycles. The van der Waals surface area contributed by atoms with E-state index in [4.69, 9.17) is 14.2 Å². The van der Waals surface area contributed by atoms with E-state index in [0.29, 0.717) is 48.9 Å². The van der Waals surface area contributed by atoms with Crippen molar-refractivity contribution in [1.82, 2.24) is 15.1 Å². The summed E-state index contributed by atoms with van der Waals surface area (Å²) >= 11 is 0. The van der Waals surface area contributed by atoms with Crippen LogP contribution in [0.15, 0.2) is 48.5 Å². The first kappa shape index (κ1) is 30.4. The Balaban J connectivity index is 1.68. The lowest BCUT2D eigenvalue weighted by molar-refractivity contribution is -0.139. The van der Waals surface area contributed by atoms with Crippen molar-refractivity contribution in [2.45, 2.75) is 32.4 Å². The highest BCUT2D eigenvalue weighted by Gasteiger charge is 2.34. The summed E-state index contributed by atoms with van der Waals surface area (Å²) in [6, 6.07) is 14.2. The Morgan fingerprint density at radius 1 is 1.00 bits per heavy atom. The van der Waals surface area contributed by atoms with Gasteiger partial charge in [-0.2, -0.15) is 0 Å². The number of hydrogen-bond donors (Lipinski definition) is 2. The van der Waals surface area contributed by atoms with Gasteiger partial charge < -0.3 is 34.4 Å². The molecule has 1 fully saturated rings. The van der Waals surface area contributed by atoms with Crippen molar-refractivity contribution in [3.8, 4) is 11.5 Å².